The van der Waals surface area contributed by atoms with Crippen LogP contribution in [0.4, 0.5) is 0 Å². The first-order valence-electron chi connectivity index (χ1n) is 14.4. The Labute approximate surface area is 227 Å². The van der Waals surface area contributed by atoms with Gasteiger partial charge >= 0.3 is 0 Å². The van der Waals surface area contributed by atoms with Gasteiger partial charge in [0.15, 0.2) is 6.29 Å². The van der Waals surface area contributed by atoms with Crippen molar-refractivity contribution in [3.63, 3.8) is 0 Å². The first-order valence-corrected chi connectivity index (χ1v) is 14.4. The smallest absolute Gasteiger partial charge is 0.286 e. The fraction of sp³-hybridized carbons (Fsp3) is 1.00. The van der Waals surface area contributed by atoms with Crippen molar-refractivity contribution in [3.8, 4) is 0 Å². The van der Waals surface area contributed by atoms with E-state index in [-0.39, 0.29) is 30.1 Å². The maximum atomic E-state index is 11.7. The van der Waals surface area contributed by atoms with Crippen molar-refractivity contribution >= 4 is 0 Å². The van der Waals surface area contributed by atoms with Gasteiger partial charge in [0.25, 0.3) is 5.97 Å². The Morgan fingerprint density at radius 3 is 2.21 bits per heavy atom. The van der Waals surface area contributed by atoms with Gasteiger partial charge in [-0.3, -0.25) is 0 Å². The molecule has 4 fully saturated rings. The summed E-state index contributed by atoms with van der Waals surface area (Å²) in [6.45, 7) is 15.1. The number of likely N-dealkylation sites (N-methyl/N-ethyl adjacent to an activating group) is 1. The van der Waals surface area contributed by atoms with E-state index in [4.69, 9.17) is 23.7 Å². The molecule has 0 saturated carbocycles. The minimum absolute atomic E-state index is 0.0684. The Hall–Kier alpha value is -0.400. The summed E-state index contributed by atoms with van der Waals surface area (Å²) in [4.78, 5) is 0. The summed E-state index contributed by atoms with van der Waals surface area (Å²) in [7, 11) is 1.80. The molecule has 4 heterocycles. The standard InChI is InChI=1S/C28H51NO9/c1-10-19-27(8,32)24-16(5)22-13(2)12-26(7,37-22)23(15(4)20(30)17(6)28(33,36-19)38-24)35-25-21(31)18(29-9)11-14(3)34-25/h13-25,29-33H,10-12H2,1-9H3/t13-,14?,15-,16-,17+,18?,19+,20-,21?,22?,23+,24+,25-,26-,27+,28-/m0/s1. The van der Waals surface area contributed by atoms with Gasteiger partial charge in [-0.2, -0.15) is 0 Å². The van der Waals surface area contributed by atoms with Crippen LogP contribution in [-0.4, -0.2) is 99.7 Å². The largest absolute Gasteiger partial charge is 0.392 e. The van der Waals surface area contributed by atoms with Gasteiger partial charge in [0.1, 0.15) is 11.7 Å². The van der Waals surface area contributed by atoms with Crippen molar-refractivity contribution in [2.24, 2.45) is 23.7 Å². The third kappa shape index (κ3) is 5.08. The topological polar surface area (TPSA) is 139 Å². The van der Waals surface area contributed by atoms with Crippen molar-refractivity contribution < 1.29 is 44.1 Å². The molecule has 4 aliphatic heterocycles. The SMILES string of the molecule is CC[C@H]1O[C@]2(O)O[C@H]([C@@H](C)C3O[C@@](C)(C[C@@H]3C)[C@H](O[C@@H]3OC(C)CC(NC)C3O)[C@@H](C)[C@H](O)[C@H]2C)[C@]1(C)O. The molecule has 0 spiro atoms. The van der Waals surface area contributed by atoms with Gasteiger partial charge in [-0.25, -0.2) is 0 Å². The summed E-state index contributed by atoms with van der Waals surface area (Å²) >= 11 is 0. The van der Waals surface area contributed by atoms with E-state index in [0.717, 1.165) is 0 Å². The number of hydrogen-bond acceptors (Lipinski definition) is 10. The zero-order chi connectivity index (χ0) is 28.4. The lowest BCUT2D eigenvalue weighted by Gasteiger charge is -2.54. The highest BCUT2D eigenvalue weighted by atomic mass is 16.8. The van der Waals surface area contributed by atoms with Gasteiger partial charge in [-0.05, 0) is 53.0 Å². The van der Waals surface area contributed by atoms with Crippen LogP contribution in [0.2, 0.25) is 0 Å². The maximum absolute atomic E-state index is 11.7. The van der Waals surface area contributed by atoms with Gasteiger partial charge in [0.05, 0.1) is 48.1 Å². The number of aliphatic hydroxyl groups is 4. The summed E-state index contributed by atoms with van der Waals surface area (Å²) in [5.41, 5.74) is -2.23. The molecule has 0 radical (unpaired) electrons. The molecule has 16 atom stereocenters. The van der Waals surface area contributed by atoms with Crippen LogP contribution >= 0.6 is 0 Å². The van der Waals surface area contributed by atoms with Crippen LogP contribution in [0.1, 0.15) is 74.7 Å². The normalized spacial score (nSPS) is 57.9. The molecule has 5 N–H and O–H groups in total. The van der Waals surface area contributed by atoms with Crippen molar-refractivity contribution in [1.29, 1.82) is 0 Å². The number of rotatable bonds is 4. The van der Waals surface area contributed by atoms with Gasteiger partial charge < -0.3 is 49.4 Å². The lowest BCUT2D eigenvalue weighted by atomic mass is 9.74. The molecular weight excluding hydrogens is 494 g/mol. The average Bonchev–Trinajstić information content (AvgIpc) is 3.17. The lowest BCUT2D eigenvalue weighted by molar-refractivity contribution is -0.478. The van der Waals surface area contributed by atoms with E-state index in [1.54, 1.807) is 20.9 Å². The fourth-order valence-electron chi connectivity index (χ4n) is 7.67. The maximum Gasteiger partial charge on any atom is 0.286 e. The third-order valence-corrected chi connectivity index (χ3v) is 9.90. The van der Waals surface area contributed by atoms with E-state index >= 15 is 0 Å². The zero-order valence-corrected chi connectivity index (χ0v) is 24.5. The van der Waals surface area contributed by atoms with Crippen LogP contribution in [0.3, 0.4) is 0 Å². The molecule has 0 aromatic carbocycles. The molecule has 222 valence electrons. The number of fused-ring (bicyclic) bond motifs is 4. The van der Waals surface area contributed by atoms with Gasteiger partial charge in [0.2, 0.25) is 0 Å². The van der Waals surface area contributed by atoms with E-state index < -0.39 is 65.8 Å². The molecule has 4 bridgehead atoms. The monoisotopic (exact) mass is 545 g/mol. The van der Waals surface area contributed by atoms with Crippen LogP contribution < -0.4 is 5.32 Å². The highest BCUT2D eigenvalue weighted by Gasteiger charge is 2.63. The highest BCUT2D eigenvalue weighted by molar-refractivity contribution is 5.07. The minimum atomic E-state index is -2.12. The molecule has 0 aromatic rings. The Balaban J connectivity index is 1.76. The molecule has 0 aliphatic carbocycles. The Kier molecular flexibility index (Phi) is 8.67. The van der Waals surface area contributed by atoms with Crippen molar-refractivity contribution in [2.75, 3.05) is 7.05 Å². The summed E-state index contributed by atoms with van der Waals surface area (Å²) in [5.74, 6) is -3.82. The van der Waals surface area contributed by atoms with Gasteiger partial charge in [-0.15, -0.1) is 0 Å². The first-order chi connectivity index (χ1) is 17.6. The van der Waals surface area contributed by atoms with Crippen molar-refractivity contribution in [1.82, 2.24) is 5.32 Å². The predicted molar refractivity (Wildman–Crippen MR) is 139 cm³/mol. The number of ether oxygens (including phenoxy) is 5. The Morgan fingerprint density at radius 1 is 0.947 bits per heavy atom. The minimum Gasteiger partial charge on any atom is -0.392 e. The fourth-order valence-corrected chi connectivity index (χ4v) is 7.67. The molecule has 4 saturated heterocycles. The van der Waals surface area contributed by atoms with E-state index in [0.29, 0.717) is 19.3 Å². The Bertz CT molecular complexity index is 830. The quantitative estimate of drug-likeness (QED) is 0.353. The van der Waals surface area contributed by atoms with Crippen LogP contribution in [0.5, 0.6) is 0 Å². The van der Waals surface area contributed by atoms with Crippen molar-refractivity contribution in [3.05, 3.63) is 0 Å². The molecule has 4 aliphatic rings. The molecule has 0 amide bonds. The summed E-state index contributed by atoms with van der Waals surface area (Å²) in [6.07, 6.45) is -3.90. The number of aliphatic hydroxyl groups excluding tert-OH is 2. The molecule has 10 nitrogen and oxygen atoms in total. The van der Waals surface area contributed by atoms with E-state index in [1.165, 1.54) is 0 Å². The molecule has 10 heteroatoms. The van der Waals surface area contributed by atoms with E-state index in [1.807, 2.05) is 34.6 Å². The molecule has 38 heavy (non-hydrogen) atoms. The van der Waals surface area contributed by atoms with E-state index in [9.17, 15) is 20.4 Å². The summed E-state index contributed by atoms with van der Waals surface area (Å²) in [5, 5.41) is 49.2. The van der Waals surface area contributed by atoms with Gasteiger partial charge in [-0.1, -0.05) is 34.6 Å². The molecule has 4 rings (SSSR count). The zero-order valence-electron chi connectivity index (χ0n) is 24.5. The average molecular weight is 546 g/mol. The molecule has 4 unspecified atom stereocenters. The van der Waals surface area contributed by atoms with Crippen LogP contribution in [0, 0.1) is 23.7 Å². The Morgan fingerprint density at radius 2 is 1.61 bits per heavy atom. The molecular formula is C28H51NO9. The second-order valence-electron chi connectivity index (χ2n) is 13.0. The van der Waals surface area contributed by atoms with Crippen LogP contribution in [-0.2, 0) is 23.7 Å². The third-order valence-electron chi connectivity index (χ3n) is 9.90. The number of nitrogens with one attached hydrogen (secondary N) is 1. The summed E-state index contributed by atoms with van der Waals surface area (Å²) in [6, 6.07) is -0.204. The second kappa shape index (κ2) is 10.8. The predicted octanol–water partition coefficient (Wildman–Crippen LogP) is 1.51. The van der Waals surface area contributed by atoms with Crippen molar-refractivity contribution in [2.45, 2.75) is 147 Å². The van der Waals surface area contributed by atoms with E-state index in [2.05, 4.69) is 12.2 Å². The number of hydrogen-bond donors (Lipinski definition) is 5. The molecule has 0 aromatic heterocycles. The summed E-state index contributed by atoms with van der Waals surface area (Å²) < 4.78 is 31.7. The van der Waals surface area contributed by atoms with Crippen LogP contribution in [0.25, 0.3) is 0 Å². The second-order valence-corrected chi connectivity index (χ2v) is 13.0. The van der Waals surface area contributed by atoms with Gasteiger partial charge in [0, 0.05) is 17.9 Å². The van der Waals surface area contributed by atoms with Crippen LogP contribution in [0.15, 0.2) is 0 Å². The highest BCUT2D eigenvalue weighted by Crippen LogP contribution is 2.51. The first kappa shape index (κ1) is 30.6. The lowest BCUT2D eigenvalue weighted by Crippen LogP contribution is -2.68.